The molecule has 0 aliphatic heterocycles. The second kappa shape index (κ2) is 273. The first-order valence-corrected chi connectivity index (χ1v) is 1.88. The van der Waals surface area contributed by atoms with E-state index in [2.05, 4.69) is 31.1 Å². The van der Waals surface area contributed by atoms with Crippen LogP contribution in [-0.2, 0) is 9.53 Å². The van der Waals surface area contributed by atoms with Gasteiger partial charge in [0.1, 0.15) is 0 Å². The van der Waals surface area contributed by atoms with Gasteiger partial charge in [-0.2, -0.15) is 0 Å². The van der Waals surface area contributed by atoms with Crippen LogP contribution in [0, 0.1) is 0 Å². The minimum Gasteiger partial charge on any atom is -0.471 e. The molecule has 0 aromatic carbocycles. The Hall–Kier alpha value is -1.05. The number of rotatable bonds is 1. The second-order valence-corrected chi connectivity index (χ2v) is 0.332. The molecule has 0 spiro atoms. The van der Waals surface area contributed by atoms with Gasteiger partial charge in [0, 0.05) is 0 Å². The Kier molecular flexibility index (Phi) is 746. The van der Waals surface area contributed by atoms with Gasteiger partial charge in [-0.05, 0) is 0 Å². The van der Waals surface area contributed by atoms with Crippen molar-refractivity contribution < 1.29 is 9.53 Å². The monoisotopic (exact) mass is 132 g/mol. The Balaban J connectivity index is -0.0000000221. The molecule has 0 bridgehead atoms. The molecule has 0 aliphatic carbocycles. The van der Waals surface area contributed by atoms with Gasteiger partial charge in [0.15, 0.2) is 0 Å². The number of carbonyl (C=O) groups excluding carboxylic acids is 1. The van der Waals surface area contributed by atoms with Gasteiger partial charge < -0.3 is 4.74 Å². The Morgan fingerprint density at radius 1 is 1.22 bits per heavy atom. The van der Waals surface area contributed by atoms with E-state index in [0.717, 1.165) is 0 Å². The summed E-state index contributed by atoms with van der Waals surface area (Å²) in [4.78, 5) is 8.95. The van der Waals surface area contributed by atoms with Gasteiger partial charge in [0.2, 0.25) is 0 Å². The quantitative estimate of drug-likeness (QED) is 0.403. The third-order valence-corrected chi connectivity index (χ3v) is 0.0962. The summed E-state index contributed by atoms with van der Waals surface area (Å²) in [5.41, 5.74) is 0. The molecule has 0 saturated heterocycles. The lowest BCUT2D eigenvalue weighted by Crippen LogP contribution is -1.68. The largest absolute Gasteiger partial charge is 0.471 e. The Labute approximate surface area is 57.8 Å². The van der Waals surface area contributed by atoms with Crippen LogP contribution in [0.2, 0.25) is 0 Å². The van der Waals surface area contributed by atoms with Crippen LogP contribution in [0.5, 0.6) is 0 Å². The maximum absolute atomic E-state index is 8.95. The van der Waals surface area contributed by atoms with E-state index < -0.39 is 0 Å². The predicted octanol–water partition coefficient (Wildman–Crippen LogP) is 2.03. The molecule has 0 radical (unpaired) electrons. The van der Waals surface area contributed by atoms with Crippen molar-refractivity contribution in [3.05, 3.63) is 26.3 Å². The first-order chi connectivity index (χ1) is 3.91. The van der Waals surface area contributed by atoms with Crippen LogP contribution in [0.1, 0.15) is 7.43 Å². The summed E-state index contributed by atoms with van der Waals surface area (Å²) >= 11 is 0. The SMILES string of the molecule is C.C=C.C=C.COC=O. The van der Waals surface area contributed by atoms with Crippen molar-refractivity contribution in [1.82, 2.24) is 0 Å². The summed E-state index contributed by atoms with van der Waals surface area (Å²) in [7, 11) is 1.31. The van der Waals surface area contributed by atoms with E-state index >= 15 is 0 Å². The zero-order chi connectivity index (χ0) is 7.41. The lowest BCUT2D eigenvalue weighted by Gasteiger charge is -1.67. The number of ether oxygens (including phenoxy) is 1. The van der Waals surface area contributed by atoms with Crippen LogP contribution in [0.15, 0.2) is 26.3 Å². The lowest BCUT2D eigenvalue weighted by molar-refractivity contribution is -0.126. The molecule has 56 valence electrons. The third kappa shape index (κ3) is 68100. The minimum atomic E-state index is 0. The molecule has 2 heteroatoms. The number of hydrogen-bond donors (Lipinski definition) is 0. The molecule has 0 saturated carbocycles. The highest BCUT2D eigenvalue weighted by Gasteiger charge is 1.44. The summed E-state index contributed by atoms with van der Waals surface area (Å²) in [6.07, 6.45) is 0. The first-order valence-electron chi connectivity index (χ1n) is 1.88. The minimum absolute atomic E-state index is 0. The van der Waals surface area contributed by atoms with Crippen LogP contribution in [-0.4, -0.2) is 13.6 Å². The van der Waals surface area contributed by atoms with Crippen molar-refractivity contribution in [3.8, 4) is 0 Å². The number of carbonyl (C=O) groups is 1. The summed E-state index contributed by atoms with van der Waals surface area (Å²) in [6, 6.07) is 0. The van der Waals surface area contributed by atoms with Gasteiger partial charge in [-0.3, -0.25) is 4.79 Å². The lowest BCUT2D eigenvalue weighted by atomic mass is 11.3. The van der Waals surface area contributed by atoms with E-state index in [-0.39, 0.29) is 7.43 Å². The van der Waals surface area contributed by atoms with Gasteiger partial charge in [0.05, 0.1) is 7.11 Å². The van der Waals surface area contributed by atoms with E-state index in [0.29, 0.717) is 6.47 Å². The zero-order valence-electron chi connectivity index (χ0n) is 5.22. The van der Waals surface area contributed by atoms with Gasteiger partial charge in [0.25, 0.3) is 6.47 Å². The summed E-state index contributed by atoms with van der Waals surface area (Å²) in [6.45, 7) is 12.4. The maximum Gasteiger partial charge on any atom is 0.292 e. The fraction of sp³-hybridized carbons (Fsp3) is 0.286. The van der Waals surface area contributed by atoms with Crippen LogP contribution in [0.3, 0.4) is 0 Å². The highest BCUT2D eigenvalue weighted by molar-refractivity contribution is 5.36. The molecule has 0 aromatic heterocycles. The fourth-order valence-electron chi connectivity index (χ4n) is 0. The van der Waals surface area contributed by atoms with E-state index in [4.69, 9.17) is 4.79 Å². The fourth-order valence-corrected chi connectivity index (χ4v) is 0. The highest BCUT2D eigenvalue weighted by atomic mass is 16.5. The molecular formula is C7H16O2. The Morgan fingerprint density at radius 3 is 1.33 bits per heavy atom. The van der Waals surface area contributed by atoms with Crippen molar-refractivity contribution >= 4 is 6.47 Å². The molecule has 0 aliphatic rings. The molecular weight excluding hydrogens is 116 g/mol. The van der Waals surface area contributed by atoms with E-state index in [9.17, 15) is 0 Å². The van der Waals surface area contributed by atoms with Gasteiger partial charge >= 0.3 is 0 Å². The molecule has 2 nitrogen and oxygen atoms in total. The van der Waals surface area contributed by atoms with Gasteiger partial charge in [-0.15, -0.1) is 26.3 Å². The Bertz CT molecular complexity index is 33.9. The Morgan fingerprint density at radius 2 is 1.33 bits per heavy atom. The molecule has 0 atom stereocenters. The summed E-state index contributed by atoms with van der Waals surface area (Å²) in [5.74, 6) is 0. The first kappa shape index (κ1) is 24.6. The van der Waals surface area contributed by atoms with Gasteiger partial charge in [-0.1, -0.05) is 7.43 Å². The molecule has 0 fully saturated rings. The second-order valence-electron chi connectivity index (χ2n) is 0.332. The summed E-state index contributed by atoms with van der Waals surface area (Å²) < 4.78 is 3.86. The summed E-state index contributed by atoms with van der Waals surface area (Å²) in [5, 5.41) is 0. The molecule has 0 N–H and O–H groups in total. The third-order valence-electron chi connectivity index (χ3n) is 0.0962. The standard InChI is InChI=1S/C2H4O2.2C2H4.CH4/c1-4-2-3;2*1-2;/h2H,1H3;2*1-2H2;1H4. The van der Waals surface area contributed by atoms with Gasteiger partial charge in [-0.25, -0.2) is 0 Å². The molecule has 0 amide bonds. The van der Waals surface area contributed by atoms with E-state index in [1.54, 1.807) is 0 Å². The van der Waals surface area contributed by atoms with E-state index in [1.165, 1.54) is 7.11 Å². The smallest absolute Gasteiger partial charge is 0.292 e. The van der Waals surface area contributed by atoms with Crippen LogP contribution in [0.4, 0.5) is 0 Å². The topological polar surface area (TPSA) is 26.3 Å². The van der Waals surface area contributed by atoms with Crippen molar-refractivity contribution in [1.29, 1.82) is 0 Å². The molecule has 9 heavy (non-hydrogen) atoms. The molecule has 0 aromatic rings. The number of hydrogen-bond acceptors (Lipinski definition) is 2. The van der Waals surface area contributed by atoms with Crippen LogP contribution < -0.4 is 0 Å². The molecule has 0 rings (SSSR count). The normalized spacial score (nSPS) is 3.22. The average molecular weight is 132 g/mol. The number of methoxy groups -OCH3 is 1. The molecule has 0 heterocycles. The average Bonchev–Trinajstić information content (AvgIpc) is 1.96. The van der Waals surface area contributed by atoms with Crippen LogP contribution >= 0.6 is 0 Å². The van der Waals surface area contributed by atoms with E-state index in [1.807, 2.05) is 0 Å². The van der Waals surface area contributed by atoms with Crippen molar-refractivity contribution in [2.45, 2.75) is 7.43 Å². The van der Waals surface area contributed by atoms with Crippen molar-refractivity contribution in [3.63, 3.8) is 0 Å². The van der Waals surface area contributed by atoms with Crippen molar-refractivity contribution in [2.24, 2.45) is 0 Å². The van der Waals surface area contributed by atoms with Crippen LogP contribution in [0.25, 0.3) is 0 Å². The maximum atomic E-state index is 8.95. The zero-order valence-corrected chi connectivity index (χ0v) is 5.22. The predicted molar refractivity (Wildman–Crippen MR) is 42.3 cm³/mol. The molecule has 0 unspecified atom stereocenters. The highest BCUT2D eigenvalue weighted by Crippen LogP contribution is 1.35. The van der Waals surface area contributed by atoms with Crippen molar-refractivity contribution in [2.75, 3.05) is 7.11 Å².